The Morgan fingerprint density at radius 3 is 1.40 bits per heavy atom. The van der Waals surface area contributed by atoms with Crippen molar-refractivity contribution in [3.05, 3.63) is 23.5 Å². The zero-order chi connectivity index (χ0) is 11.7. The molecule has 0 amide bonds. The fourth-order valence-electron chi connectivity index (χ4n) is 1.90. The molecule has 0 aliphatic heterocycles. The predicted molar refractivity (Wildman–Crippen MR) is 67.1 cm³/mol. The SMILES string of the molecule is CC(C)(C)Cc1c[nH]cc1CC(C)(C)C. The molecule has 0 saturated carbocycles. The highest BCUT2D eigenvalue weighted by Crippen LogP contribution is 2.27. The van der Waals surface area contributed by atoms with Crippen molar-refractivity contribution in [2.45, 2.75) is 54.4 Å². The van der Waals surface area contributed by atoms with Gasteiger partial charge < -0.3 is 4.98 Å². The largest absolute Gasteiger partial charge is 0.367 e. The summed E-state index contributed by atoms with van der Waals surface area (Å²) in [6, 6.07) is 0. The van der Waals surface area contributed by atoms with Crippen LogP contribution in [0.4, 0.5) is 0 Å². The maximum atomic E-state index is 3.24. The molecule has 1 nitrogen and oxygen atoms in total. The monoisotopic (exact) mass is 207 g/mol. The van der Waals surface area contributed by atoms with Crippen molar-refractivity contribution >= 4 is 0 Å². The van der Waals surface area contributed by atoms with Gasteiger partial charge in [-0.2, -0.15) is 0 Å². The number of rotatable bonds is 2. The van der Waals surface area contributed by atoms with Crippen molar-refractivity contribution < 1.29 is 0 Å². The van der Waals surface area contributed by atoms with E-state index < -0.39 is 0 Å². The van der Waals surface area contributed by atoms with E-state index in [1.807, 2.05) is 0 Å². The highest BCUT2D eigenvalue weighted by atomic mass is 14.6. The number of H-pyrrole nitrogens is 1. The van der Waals surface area contributed by atoms with Gasteiger partial charge in [0.15, 0.2) is 0 Å². The van der Waals surface area contributed by atoms with Crippen LogP contribution in [0.3, 0.4) is 0 Å². The number of hydrogen-bond donors (Lipinski definition) is 1. The van der Waals surface area contributed by atoms with Crippen molar-refractivity contribution in [1.29, 1.82) is 0 Å². The standard InChI is InChI=1S/C14H25N/c1-13(2,3)7-11-9-15-10-12(11)8-14(4,5)6/h9-10,15H,7-8H2,1-6H3. The van der Waals surface area contributed by atoms with Gasteiger partial charge in [-0.05, 0) is 34.8 Å². The van der Waals surface area contributed by atoms with Crippen LogP contribution in [0.5, 0.6) is 0 Å². The van der Waals surface area contributed by atoms with Crippen molar-refractivity contribution in [2.24, 2.45) is 10.8 Å². The number of aromatic amines is 1. The minimum Gasteiger partial charge on any atom is -0.367 e. The summed E-state index contributed by atoms with van der Waals surface area (Å²) >= 11 is 0. The molecule has 0 atom stereocenters. The molecule has 1 heterocycles. The van der Waals surface area contributed by atoms with Crippen molar-refractivity contribution in [1.82, 2.24) is 4.98 Å². The van der Waals surface area contributed by atoms with Gasteiger partial charge >= 0.3 is 0 Å². The summed E-state index contributed by atoms with van der Waals surface area (Å²) in [5.74, 6) is 0. The number of hydrogen-bond acceptors (Lipinski definition) is 0. The van der Waals surface area contributed by atoms with Gasteiger partial charge in [-0.25, -0.2) is 0 Å². The van der Waals surface area contributed by atoms with Crippen LogP contribution in [0.25, 0.3) is 0 Å². The van der Waals surface area contributed by atoms with Crippen LogP contribution in [0.2, 0.25) is 0 Å². The van der Waals surface area contributed by atoms with Crippen LogP contribution in [-0.2, 0) is 12.8 Å². The van der Waals surface area contributed by atoms with Crippen LogP contribution in [-0.4, -0.2) is 4.98 Å². The summed E-state index contributed by atoms with van der Waals surface area (Å²) in [4.78, 5) is 3.24. The summed E-state index contributed by atoms with van der Waals surface area (Å²) in [5, 5.41) is 0. The quantitative estimate of drug-likeness (QED) is 0.748. The number of nitrogens with one attached hydrogen (secondary N) is 1. The highest BCUT2D eigenvalue weighted by Gasteiger charge is 2.18. The van der Waals surface area contributed by atoms with E-state index in [-0.39, 0.29) is 0 Å². The lowest BCUT2D eigenvalue weighted by Crippen LogP contribution is -2.13. The molecule has 1 heteroatoms. The van der Waals surface area contributed by atoms with E-state index in [9.17, 15) is 0 Å². The van der Waals surface area contributed by atoms with Gasteiger partial charge in [0.2, 0.25) is 0 Å². The Labute approximate surface area is 94.3 Å². The Bertz CT molecular complexity index is 276. The molecule has 1 N–H and O–H groups in total. The van der Waals surface area contributed by atoms with Crippen molar-refractivity contribution in [2.75, 3.05) is 0 Å². The first-order valence-electron chi connectivity index (χ1n) is 5.82. The third-order valence-electron chi connectivity index (χ3n) is 2.37. The topological polar surface area (TPSA) is 15.8 Å². The van der Waals surface area contributed by atoms with Gasteiger partial charge in [0, 0.05) is 12.4 Å². The highest BCUT2D eigenvalue weighted by molar-refractivity contribution is 5.25. The Morgan fingerprint density at radius 1 is 0.800 bits per heavy atom. The molecule has 0 radical (unpaired) electrons. The molecule has 0 aliphatic rings. The fourth-order valence-corrected chi connectivity index (χ4v) is 1.90. The van der Waals surface area contributed by atoms with Crippen LogP contribution in [0.15, 0.2) is 12.4 Å². The lowest BCUT2D eigenvalue weighted by molar-refractivity contribution is 0.393. The third-order valence-corrected chi connectivity index (χ3v) is 2.37. The van der Waals surface area contributed by atoms with Gasteiger partial charge in [-0.15, -0.1) is 0 Å². The minimum absolute atomic E-state index is 0.370. The van der Waals surface area contributed by atoms with Gasteiger partial charge in [0.1, 0.15) is 0 Å². The zero-order valence-electron chi connectivity index (χ0n) is 11.1. The zero-order valence-corrected chi connectivity index (χ0v) is 11.1. The molecule has 0 aliphatic carbocycles. The Hall–Kier alpha value is -0.720. The summed E-state index contributed by atoms with van der Waals surface area (Å²) in [6.07, 6.45) is 6.63. The van der Waals surface area contributed by atoms with E-state index >= 15 is 0 Å². The van der Waals surface area contributed by atoms with Gasteiger partial charge in [0.25, 0.3) is 0 Å². The second kappa shape index (κ2) is 4.03. The van der Waals surface area contributed by atoms with Crippen LogP contribution in [0.1, 0.15) is 52.7 Å². The summed E-state index contributed by atoms with van der Waals surface area (Å²) < 4.78 is 0. The van der Waals surface area contributed by atoms with Crippen molar-refractivity contribution in [3.8, 4) is 0 Å². The van der Waals surface area contributed by atoms with E-state index in [2.05, 4.69) is 58.9 Å². The van der Waals surface area contributed by atoms with Crippen LogP contribution >= 0.6 is 0 Å². The first-order chi connectivity index (χ1) is 6.67. The molecule has 0 saturated heterocycles. The molecule has 0 fully saturated rings. The lowest BCUT2D eigenvalue weighted by Gasteiger charge is -2.22. The normalized spacial score (nSPS) is 13.2. The first-order valence-corrected chi connectivity index (χ1v) is 5.82. The van der Waals surface area contributed by atoms with E-state index in [4.69, 9.17) is 0 Å². The van der Waals surface area contributed by atoms with E-state index in [0.29, 0.717) is 10.8 Å². The smallest absolute Gasteiger partial charge is 0.00404 e. The maximum Gasteiger partial charge on any atom is 0.00404 e. The molecule has 86 valence electrons. The van der Waals surface area contributed by atoms with Crippen LogP contribution < -0.4 is 0 Å². The van der Waals surface area contributed by atoms with Crippen molar-refractivity contribution in [3.63, 3.8) is 0 Å². The second-order valence-corrected chi connectivity index (χ2v) is 6.98. The molecule has 1 aromatic rings. The third kappa shape index (κ3) is 4.55. The van der Waals surface area contributed by atoms with Gasteiger partial charge in [0.05, 0.1) is 0 Å². The summed E-state index contributed by atoms with van der Waals surface area (Å²) in [7, 11) is 0. The Balaban J connectivity index is 2.79. The average Bonchev–Trinajstić information content (AvgIpc) is 2.29. The van der Waals surface area contributed by atoms with E-state index in [1.165, 1.54) is 11.1 Å². The molecule has 1 rings (SSSR count). The molecule has 0 aromatic carbocycles. The lowest BCUT2D eigenvalue weighted by atomic mass is 9.83. The van der Waals surface area contributed by atoms with Gasteiger partial charge in [-0.3, -0.25) is 0 Å². The summed E-state index contributed by atoms with van der Waals surface area (Å²) in [5.41, 5.74) is 3.71. The average molecular weight is 207 g/mol. The number of aromatic nitrogens is 1. The Kier molecular flexibility index (Phi) is 3.32. The molecule has 0 unspecified atom stereocenters. The molecular weight excluding hydrogens is 182 g/mol. The molecular formula is C14H25N. The van der Waals surface area contributed by atoms with Crippen LogP contribution in [0, 0.1) is 10.8 Å². The van der Waals surface area contributed by atoms with E-state index in [1.54, 1.807) is 0 Å². The second-order valence-electron chi connectivity index (χ2n) is 6.98. The Morgan fingerprint density at radius 2 is 1.13 bits per heavy atom. The minimum atomic E-state index is 0.370. The molecule has 15 heavy (non-hydrogen) atoms. The molecule has 0 spiro atoms. The summed E-state index contributed by atoms with van der Waals surface area (Å²) in [6.45, 7) is 13.8. The molecule has 1 aromatic heterocycles. The fraction of sp³-hybridized carbons (Fsp3) is 0.714. The van der Waals surface area contributed by atoms with E-state index in [0.717, 1.165) is 12.8 Å². The van der Waals surface area contributed by atoms with Gasteiger partial charge in [-0.1, -0.05) is 41.5 Å². The molecule has 0 bridgehead atoms. The predicted octanol–water partition coefficient (Wildman–Crippen LogP) is 4.19. The maximum absolute atomic E-state index is 3.24. The first kappa shape index (κ1) is 12.4.